The van der Waals surface area contributed by atoms with E-state index in [1.165, 1.54) is 6.07 Å². The zero-order chi connectivity index (χ0) is 12.0. The van der Waals surface area contributed by atoms with Crippen molar-refractivity contribution in [3.8, 4) is 0 Å². The Labute approximate surface area is 101 Å². The monoisotopic (exact) mass is 235 g/mol. The number of hydrogen-bond acceptors (Lipinski definition) is 2. The molecule has 2 fully saturated rings. The summed E-state index contributed by atoms with van der Waals surface area (Å²) in [6.45, 7) is 4.77. The third-order valence-corrected chi connectivity index (χ3v) is 4.41. The average Bonchev–Trinajstić information content (AvgIpc) is 2.73. The summed E-state index contributed by atoms with van der Waals surface area (Å²) in [4.78, 5) is 2.40. The lowest BCUT2D eigenvalue weighted by molar-refractivity contribution is -0.0503. The number of aryl methyl sites for hydroxylation is 1. The van der Waals surface area contributed by atoms with Gasteiger partial charge in [-0.3, -0.25) is 0 Å². The highest BCUT2D eigenvalue weighted by Crippen LogP contribution is 2.42. The molecule has 2 bridgehead atoms. The molecule has 1 aromatic carbocycles. The Morgan fingerprint density at radius 2 is 2.24 bits per heavy atom. The van der Waals surface area contributed by atoms with Crippen molar-refractivity contribution in [1.82, 2.24) is 4.90 Å². The Morgan fingerprint density at radius 1 is 1.41 bits per heavy atom. The summed E-state index contributed by atoms with van der Waals surface area (Å²) in [7, 11) is 0. The van der Waals surface area contributed by atoms with Gasteiger partial charge in [0.15, 0.2) is 0 Å². The quantitative estimate of drug-likeness (QED) is 0.805. The third kappa shape index (κ3) is 1.69. The molecule has 1 aromatic rings. The number of nitrogens with zero attached hydrogens (tertiary/aromatic N) is 1. The standard InChI is InChI=1S/C14H18FNO/c1-10-8-11(2-3-13(10)15)14(17)5-7-16-6-4-12(14)9-16/h2-3,8,12,17H,4-7,9H2,1H3. The molecule has 0 amide bonds. The molecule has 3 heteroatoms. The molecule has 17 heavy (non-hydrogen) atoms. The van der Waals surface area contributed by atoms with Crippen LogP contribution in [0.1, 0.15) is 24.0 Å². The van der Waals surface area contributed by atoms with E-state index < -0.39 is 5.60 Å². The lowest BCUT2D eigenvalue weighted by Gasteiger charge is -2.39. The summed E-state index contributed by atoms with van der Waals surface area (Å²) in [5.41, 5.74) is 0.769. The van der Waals surface area contributed by atoms with Crippen LogP contribution in [0.15, 0.2) is 18.2 Å². The second kappa shape index (κ2) is 3.79. The van der Waals surface area contributed by atoms with Gasteiger partial charge in [-0.25, -0.2) is 4.39 Å². The van der Waals surface area contributed by atoms with E-state index in [0.29, 0.717) is 11.5 Å². The van der Waals surface area contributed by atoms with E-state index in [9.17, 15) is 9.50 Å². The zero-order valence-corrected chi connectivity index (χ0v) is 10.1. The summed E-state index contributed by atoms with van der Waals surface area (Å²) in [6, 6.07) is 5.03. The highest BCUT2D eigenvalue weighted by molar-refractivity contribution is 5.30. The van der Waals surface area contributed by atoms with E-state index in [4.69, 9.17) is 0 Å². The van der Waals surface area contributed by atoms with E-state index in [2.05, 4.69) is 4.90 Å². The summed E-state index contributed by atoms with van der Waals surface area (Å²) in [6.07, 6.45) is 1.82. The summed E-state index contributed by atoms with van der Waals surface area (Å²) < 4.78 is 13.3. The van der Waals surface area contributed by atoms with E-state index >= 15 is 0 Å². The molecule has 3 unspecified atom stereocenters. The van der Waals surface area contributed by atoms with Gasteiger partial charge in [0, 0.05) is 19.0 Å². The number of hydrogen-bond donors (Lipinski definition) is 1. The van der Waals surface area contributed by atoms with Gasteiger partial charge in [-0.15, -0.1) is 0 Å². The lowest BCUT2D eigenvalue weighted by Crippen LogP contribution is -2.44. The van der Waals surface area contributed by atoms with Gasteiger partial charge in [0.2, 0.25) is 0 Å². The van der Waals surface area contributed by atoms with Crippen molar-refractivity contribution in [1.29, 1.82) is 0 Å². The van der Waals surface area contributed by atoms with E-state index in [-0.39, 0.29) is 5.82 Å². The van der Waals surface area contributed by atoms with Crippen molar-refractivity contribution in [2.24, 2.45) is 5.92 Å². The lowest BCUT2D eigenvalue weighted by atomic mass is 9.76. The SMILES string of the molecule is Cc1cc(C2(O)CCN3CCC2C3)ccc1F. The maximum Gasteiger partial charge on any atom is 0.126 e. The van der Waals surface area contributed by atoms with Crippen LogP contribution in [0.4, 0.5) is 4.39 Å². The topological polar surface area (TPSA) is 23.5 Å². The second-order valence-electron chi connectivity index (χ2n) is 5.42. The summed E-state index contributed by atoms with van der Waals surface area (Å²) >= 11 is 0. The molecule has 3 rings (SSSR count). The van der Waals surface area contributed by atoms with E-state index in [1.54, 1.807) is 13.0 Å². The third-order valence-electron chi connectivity index (χ3n) is 4.41. The van der Waals surface area contributed by atoms with Gasteiger partial charge >= 0.3 is 0 Å². The first kappa shape index (κ1) is 11.2. The Kier molecular flexibility index (Phi) is 2.49. The molecule has 2 heterocycles. The zero-order valence-electron chi connectivity index (χ0n) is 10.1. The largest absolute Gasteiger partial charge is 0.385 e. The molecular formula is C14H18FNO. The predicted molar refractivity (Wildman–Crippen MR) is 64.2 cm³/mol. The molecule has 2 aliphatic rings. The van der Waals surface area contributed by atoms with Crippen molar-refractivity contribution >= 4 is 0 Å². The van der Waals surface area contributed by atoms with Crippen molar-refractivity contribution in [3.05, 3.63) is 35.1 Å². The van der Waals surface area contributed by atoms with Crippen LogP contribution in [0.2, 0.25) is 0 Å². The van der Waals surface area contributed by atoms with E-state index in [1.807, 2.05) is 6.07 Å². The first-order valence-corrected chi connectivity index (χ1v) is 6.31. The highest BCUT2D eigenvalue weighted by atomic mass is 19.1. The molecule has 2 nitrogen and oxygen atoms in total. The number of benzene rings is 1. The average molecular weight is 235 g/mol. The van der Waals surface area contributed by atoms with Crippen LogP contribution >= 0.6 is 0 Å². The fourth-order valence-corrected chi connectivity index (χ4v) is 3.25. The molecule has 1 N–H and O–H groups in total. The number of piperidine rings is 1. The minimum atomic E-state index is -0.745. The van der Waals surface area contributed by atoms with E-state index in [0.717, 1.165) is 38.0 Å². The highest BCUT2D eigenvalue weighted by Gasteiger charge is 2.45. The Hall–Kier alpha value is -0.930. The summed E-state index contributed by atoms with van der Waals surface area (Å²) in [5.74, 6) is 0.113. The Bertz CT molecular complexity index is 448. The Morgan fingerprint density at radius 3 is 3.00 bits per heavy atom. The Balaban J connectivity index is 1.98. The van der Waals surface area contributed by atoms with Gasteiger partial charge in [0.25, 0.3) is 0 Å². The van der Waals surface area contributed by atoms with Crippen molar-refractivity contribution < 1.29 is 9.50 Å². The van der Waals surface area contributed by atoms with Crippen LogP contribution in [-0.4, -0.2) is 29.6 Å². The van der Waals surface area contributed by atoms with Crippen molar-refractivity contribution in [3.63, 3.8) is 0 Å². The second-order valence-corrected chi connectivity index (χ2v) is 5.42. The maximum atomic E-state index is 13.3. The first-order chi connectivity index (χ1) is 8.09. The number of aliphatic hydroxyl groups is 1. The minimum absolute atomic E-state index is 0.193. The van der Waals surface area contributed by atoms with Gasteiger partial charge in [-0.05, 0) is 43.5 Å². The minimum Gasteiger partial charge on any atom is -0.385 e. The molecule has 3 atom stereocenters. The molecule has 92 valence electrons. The molecule has 0 radical (unpaired) electrons. The molecule has 2 saturated heterocycles. The maximum absolute atomic E-state index is 13.3. The smallest absolute Gasteiger partial charge is 0.126 e. The van der Waals surface area contributed by atoms with Crippen LogP contribution in [0.5, 0.6) is 0 Å². The van der Waals surface area contributed by atoms with Gasteiger partial charge in [-0.1, -0.05) is 12.1 Å². The number of rotatable bonds is 1. The summed E-state index contributed by atoms with van der Waals surface area (Å²) in [5, 5.41) is 10.9. The fraction of sp³-hybridized carbons (Fsp3) is 0.571. The molecule has 0 aliphatic carbocycles. The van der Waals surface area contributed by atoms with Crippen molar-refractivity contribution in [2.45, 2.75) is 25.4 Å². The van der Waals surface area contributed by atoms with Gasteiger partial charge < -0.3 is 10.0 Å². The number of fused-ring (bicyclic) bond motifs is 2. The first-order valence-electron chi connectivity index (χ1n) is 6.31. The van der Waals surface area contributed by atoms with Crippen LogP contribution in [0.25, 0.3) is 0 Å². The molecular weight excluding hydrogens is 217 g/mol. The van der Waals surface area contributed by atoms with Crippen LogP contribution < -0.4 is 0 Å². The molecule has 0 saturated carbocycles. The fourth-order valence-electron chi connectivity index (χ4n) is 3.25. The molecule has 0 aromatic heterocycles. The molecule has 2 aliphatic heterocycles. The van der Waals surface area contributed by atoms with Crippen LogP contribution in [0.3, 0.4) is 0 Å². The van der Waals surface area contributed by atoms with Crippen molar-refractivity contribution in [2.75, 3.05) is 19.6 Å². The van der Waals surface area contributed by atoms with Gasteiger partial charge in [0.05, 0.1) is 5.60 Å². The van der Waals surface area contributed by atoms with Crippen LogP contribution in [0, 0.1) is 18.7 Å². The van der Waals surface area contributed by atoms with Gasteiger partial charge in [-0.2, -0.15) is 0 Å². The van der Waals surface area contributed by atoms with Gasteiger partial charge in [0.1, 0.15) is 5.82 Å². The predicted octanol–water partition coefficient (Wildman–Crippen LogP) is 2.05. The van der Waals surface area contributed by atoms with Crippen LogP contribution in [-0.2, 0) is 5.60 Å². The number of halogens is 1. The normalized spacial score (nSPS) is 36.2. The molecule has 0 spiro atoms.